The second-order valence-electron chi connectivity index (χ2n) is 5.59. The van der Waals surface area contributed by atoms with E-state index in [0.29, 0.717) is 11.6 Å². The molecule has 0 amide bonds. The Labute approximate surface area is 122 Å². The third-order valence-corrected chi connectivity index (χ3v) is 4.83. The average Bonchev–Trinajstić information content (AvgIpc) is 2.34. The summed E-state index contributed by atoms with van der Waals surface area (Å²) >= 11 is 3.38. The van der Waals surface area contributed by atoms with E-state index in [4.69, 9.17) is 5.73 Å². The molecule has 19 heavy (non-hydrogen) atoms. The molecule has 0 saturated heterocycles. The minimum atomic E-state index is -0.760. The van der Waals surface area contributed by atoms with Crippen molar-refractivity contribution in [3.63, 3.8) is 0 Å². The Balaban J connectivity index is 2.34. The molecular formula is C15H20BrNO2. The Kier molecular flexibility index (Phi) is 4.50. The van der Waals surface area contributed by atoms with Gasteiger partial charge >= 0.3 is 5.97 Å². The van der Waals surface area contributed by atoms with Gasteiger partial charge in [-0.25, -0.2) is 0 Å². The van der Waals surface area contributed by atoms with Crippen molar-refractivity contribution in [1.82, 2.24) is 0 Å². The second kappa shape index (κ2) is 5.95. The monoisotopic (exact) mass is 325 g/mol. The number of nitrogen functional groups attached to an aromatic ring is 1. The molecule has 0 bridgehead atoms. The zero-order valence-electron chi connectivity index (χ0n) is 11.1. The molecule has 1 fully saturated rings. The van der Waals surface area contributed by atoms with Crippen LogP contribution in [0.2, 0.25) is 0 Å². The number of carbonyl (C=O) groups is 1. The number of carboxylic acid groups (broad SMARTS) is 1. The smallest absolute Gasteiger partial charge is 0.311 e. The highest BCUT2D eigenvalue weighted by Gasteiger charge is 2.34. The number of carboxylic acids is 1. The van der Waals surface area contributed by atoms with E-state index in [9.17, 15) is 9.90 Å². The van der Waals surface area contributed by atoms with Crippen molar-refractivity contribution in [2.75, 3.05) is 5.73 Å². The fraction of sp³-hybridized carbons (Fsp3) is 0.533. The Bertz CT molecular complexity index is 475. The number of anilines is 1. The Hall–Kier alpha value is -1.03. The van der Waals surface area contributed by atoms with Crippen LogP contribution in [0.15, 0.2) is 22.7 Å². The summed E-state index contributed by atoms with van der Waals surface area (Å²) in [6.45, 7) is 2.20. The summed E-state index contributed by atoms with van der Waals surface area (Å²) in [6.07, 6.45) is 4.27. The summed E-state index contributed by atoms with van der Waals surface area (Å²) in [5.74, 6) is -0.448. The van der Waals surface area contributed by atoms with Crippen LogP contribution in [0.4, 0.5) is 5.69 Å². The lowest BCUT2D eigenvalue weighted by Gasteiger charge is -2.32. The molecule has 0 heterocycles. The molecule has 1 aromatic rings. The van der Waals surface area contributed by atoms with E-state index in [-0.39, 0.29) is 5.92 Å². The quantitative estimate of drug-likeness (QED) is 0.825. The van der Waals surface area contributed by atoms with E-state index >= 15 is 0 Å². The molecule has 4 heteroatoms. The van der Waals surface area contributed by atoms with Crippen LogP contribution in [-0.4, -0.2) is 11.1 Å². The van der Waals surface area contributed by atoms with Gasteiger partial charge in [-0.2, -0.15) is 0 Å². The van der Waals surface area contributed by atoms with Gasteiger partial charge in [0.15, 0.2) is 0 Å². The molecule has 2 rings (SSSR count). The average molecular weight is 326 g/mol. The van der Waals surface area contributed by atoms with Crippen molar-refractivity contribution in [2.24, 2.45) is 11.8 Å². The number of benzene rings is 1. The number of nitrogens with two attached hydrogens (primary N) is 1. The number of hydrogen-bond donors (Lipinski definition) is 2. The van der Waals surface area contributed by atoms with Crippen LogP contribution in [0.5, 0.6) is 0 Å². The maximum atomic E-state index is 11.7. The van der Waals surface area contributed by atoms with E-state index in [2.05, 4.69) is 22.9 Å². The minimum Gasteiger partial charge on any atom is -0.481 e. The number of halogens is 1. The van der Waals surface area contributed by atoms with Gasteiger partial charge in [0.05, 0.1) is 5.92 Å². The van der Waals surface area contributed by atoms with Crippen LogP contribution in [0.1, 0.15) is 44.1 Å². The first-order valence-electron chi connectivity index (χ1n) is 6.77. The predicted molar refractivity (Wildman–Crippen MR) is 80.1 cm³/mol. The van der Waals surface area contributed by atoms with Gasteiger partial charge in [0, 0.05) is 10.2 Å². The van der Waals surface area contributed by atoms with E-state index in [1.54, 1.807) is 0 Å². The largest absolute Gasteiger partial charge is 0.481 e. The molecule has 3 atom stereocenters. The van der Waals surface area contributed by atoms with Crippen molar-refractivity contribution in [3.05, 3.63) is 28.2 Å². The first-order chi connectivity index (χ1) is 9.00. The zero-order valence-corrected chi connectivity index (χ0v) is 12.7. The second-order valence-corrected chi connectivity index (χ2v) is 6.44. The molecule has 3 nitrogen and oxygen atoms in total. The molecule has 0 radical (unpaired) electrons. The van der Waals surface area contributed by atoms with Crippen molar-refractivity contribution in [3.8, 4) is 0 Å². The zero-order chi connectivity index (χ0) is 14.0. The lowest BCUT2D eigenvalue weighted by Crippen LogP contribution is -2.27. The summed E-state index contributed by atoms with van der Waals surface area (Å²) in [5, 5.41) is 9.61. The molecule has 1 aliphatic carbocycles. The summed E-state index contributed by atoms with van der Waals surface area (Å²) in [4.78, 5) is 11.7. The topological polar surface area (TPSA) is 63.3 Å². The van der Waals surface area contributed by atoms with Gasteiger partial charge in [0.25, 0.3) is 0 Å². The number of hydrogen-bond acceptors (Lipinski definition) is 2. The van der Waals surface area contributed by atoms with E-state index < -0.39 is 11.9 Å². The van der Waals surface area contributed by atoms with Gasteiger partial charge in [-0.3, -0.25) is 4.79 Å². The normalized spacial score (nSPS) is 24.9. The summed E-state index contributed by atoms with van der Waals surface area (Å²) in [7, 11) is 0. The van der Waals surface area contributed by atoms with Crippen LogP contribution in [-0.2, 0) is 4.79 Å². The molecule has 1 aliphatic rings. The van der Waals surface area contributed by atoms with E-state index in [0.717, 1.165) is 29.3 Å². The highest BCUT2D eigenvalue weighted by Crippen LogP contribution is 2.41. The van der Waals surface area contributed by atoms with Crippen molar-refractivity contribution >= 4 is 27.6 Å². The molecule has 3 unspecified atom stereocenters. The lowest BCUT2D eigenvalue weighted by atomic mass is 9.73. The van der Waals surface area contributed by atoms with Crippen LogP contribution in [0, 0.1) is 11.8 Å². The number of rotatable bonds is 3. The van der Waals surface area contributed by atoms with Crippen LogP contribution in [0.3, 0.4) is 0 Å². The summed E-state index contributed by atoms with van der Waals surface area (Å²) in [5.41, 5.74) is 7.37. The maximum Gasteiger partial charge on any atom is 0.311 e. The predicted octanol–water partition coefficient (Wildman–Crippen LogP) is 4.03. The van der Waals surface area contributed by atoms with Gasteiger partial charge in [-0.1, -0.05) is 31.9 Å². The minimum absolute atomic E-state index is 0.192. The van der Waals surface area contributed by atoms with Gasteiger partial charge in [0.1, 0.15) is 0 Å². The van der Waals surface area contributed by atoms with Gasteiger partial charge in [-0.15, -0.1) is 0 Å². The van der Waals surface area contributed by atoms with E-state index in [1.165, 1.54) is 6.42 Å². The number of aliphatic carboxylic acids is 1. The third-order valence-electron chi connectivity index (χ3n) is 4.14. The first-order valence-corrected chi connectivity index (χ1v) is 7.56. The molecular weight excluding hydrogens is 306 g/mol. The van der Waals surface area contributed by atoms with Gasteiger partial charge in [0.2, 0.25) is 0 Å². The Morgan fingerprint density at radius 1 is 1.47 bits per heavy atom. The molecule has 0 aromatic heterocycles. The fourth-order valence-corrected chi connectivity index (χ4v) is 3.58. The van der Waals surface area contributed by atoms with Crippen LogP contribution >= 0.6 is 15.9 Å². The first kappa shape index (κ1) is 14.4. The van der Waals surface area contributed by atoms with Crippen molar-refractivity contribution in [1.29, 1.82) is 0 Å². The Morgan fingerprint density at radius 2 is 2.21 bits per heavy atom. The summed E-state index contributed by atoms with van der Waals surface area (Å²) in [6, 6.07) is 5.55. The highest BCUT2D eigenvalue weighted by molar-refractivity contribution is 9.10. The van der Waals surface area contributed by atoms with Crippen molar-refractivity contribution < 1.29 is 9.90 Å². The molecule has 0 aliphatic heterocycles. The molecule has 1 aromatic carbocycles. The fourth-order valence-electron chi connectivity index (χ4n) is 3.20. The maximum absolute atomic E-state index is 11.7. The van der Waals surface area contributed by atoms with Gasteiger partial charge < -0.3 is 10.8 Å². The Morgan fingerprint density at radius 3 is 2.84 bits per heavy atom. The highest BCUT2D eigenvalue weighted by atomic mass is 79.9. The number of para-hydroxylation sites is 1. The van der Waals surface area contributed by atoms with Crippen LogP contribution in [0.25, 0.3) is 0 Å². The van der Waals surface area contributed by atoms with Crippen LogP contribution < -0.4 is 5.73 Å². The standard InChI is InChI=1S/C15H20BrNO2/c1-9-4-2-5-10(8-9)13(15(18)19)11-6-3-7-12(16)14(11)17/h3,6-7,9-10,13H,2,4-5,8,17H2,1H3,(H,18,19). The molecule has 0 spiro atoms. The molecule has 104 valence electrons. The summed E-state index contributed by atoms with van der Waals surface area (Å²) < 4.78 is 0.778. The SMILES string of the molecule is CC1CCCC(C(C(=O)O)c2cccc(Br)c2N)C1. The van der Waals surface area contributed by atoms with Gasteiger partial charge in [-0.05, 0) is 52.2 Å². The lowest BCUT2D eigenvalue weighted by molar-refractivity contribution is -0.140. The molecule has 3 N–H and O–H groups in total. The third kappa shape index (κ3) is 3.11. The molecule has 1 saturated carbocycles. The van der Waals surface area contributed by atoms with E-state index in [1.807, 2.05) is 18.2 Å². The van der Waals surface area contributed by atoms with Crippen molar-refractivity contribution in [2.45, 2.75) is 38.5 Å².